The van der Waals surface area contributed by atoms with E-state index in [1.54, 1.807) is 13.8 Å². The average Bonchev–Trinajstić information content (AvgIpc) is 2.03. The van der Waals surface area contributed by atoms with E-state index < -0.39 is 17.7 Å². The summed E-state index contributed by atoms with van der Waals surface area (Å²) in [6.45, 7) is 6.99. The van der Waals surface area contributed by atoms with E-state index in [-0.39, 0.29) is 5.92 Å². The zero-order valence-electron chi connectivity index (χ0n) is 8.48. The fraction of sp³-hybridized carbons (Fsp3) is 0.889. The Morgan fingerprint density at radius 2 is 1.77 bits per heavy atom. The normalized spacial score (nSPS) is 16.5. The molecule has 2 N–H and O–H groups in total. The average molecular weight is 187 g/mol. The quantitative estimate of drug-likeness (QED) is 0.502. The van der Waals surface area contributed by atoms with Gasteiger partial charge in [-0.2, -0.15) is 4.99 Å². The second-order valence-corrected chi connectivity index (χ2v) is 4.10. The molecule has 0 aromatic rings. The van der Waals surface area contributed by atoms with Crippen molar-refractivity contribution in [2.75, 3.05) is 0 Å². The van der Waals surface area contributed by atoms with Crippen molar-refractivity contribution in [3.63, 3.8) is 0 Å². The largest absolute Gasteiger partial charge is 0.392 e. The van der Waals surface area contributed by atoms with Gasteiger partial charge in [0.2, 0.25) is 6.08 Å². The van der Waals surface area contributed by atoms with E-state index in [0.717, 1.165) is 0 Å². The maximum atomic E-state index is 9.92. The maximum Gasteiger partial charge on any atom is 0.237 e. The number of hydrogen-bond acceptors (Lipinski definition) is 4. The van der Waals surface area contributed by atoms with E-state index in [4.69, 9.17) is 0 Å². The molecule has 76 valence electrons. The van der Waals surface area contributed by atoms with Crippen LogP contribution in [-0.2, 0) is 4.79 Å². The third-order valence-electron chi connectivity index (χ3n) is 2.23. The van der Waals surface area contributed by atoms with Crippen molar-refractivity contribution < 1.29 is 15.0 Å². The second-order valence-electron chi connectivity index (χ2n) is 4.10. The highest BCUT2D eigenvalue weighted by Crippen LogP contribution is 2.30. The monoisotopic (exact) mass is 187 g/mol. The van der Waals surface area contributed by atoms with Gasteiger partial charge in [0.1, 0.15) is 0 Å². The van der Waals surface area contributed by atoms with Gasteiger partial charge in [-0.15, -0.1) is 0 Å². The van der Waals surface area contributed by atoms with Crippen LogP contribution in [0.5, 0.6) is 0 Å². The van der Waals surface area contributed by atoms with Gasteiger partial charge < -0.3 is 10.2 Å². The molecule has 0 spiro atoms. The van der Waals surface area contributed by atoms with E-state index in [1.165, 1.54) is 6.08 Å². The highest BCUT2D eigenvalue weighted by Gasteiger charge is 2.37. The van der Waals surface area contributed by atoms with Gasteiger partial charge in [0, 0.05) is 5.41 Å². The summed E-state index contributed by atoms with van der Waals surface area (Å²) in [7, 11) is 0. The van der Waals surface area contributed by atoms with Gasteiger partial charge in [-0.05, 0) is 5.92 Å². The third-order valence-corrected chi connectivity index (χ3v) is 2.23. The SMILES string of the molecule is CC(C)C(O)C(C)(C)C(O)N=C=O. The van der Waals surface area contributed by atoms with E-state index in [1.807, 2.05) is 13.8 Å². The fourth-order valence-electron chi connectivity index (χ4n) is 1.23. The summed E-state index contributed by atoms with van der Waals surface area (Å²) >= 11 is 0. The lowest BCUT2D eigenvalue weighted by Crippen LogP contribution is -2.42. The van der Waals surface area contributed by atoms with Crippen LogP contribution in [0.1, 0.15) is 27.7 Å². The van der Waals surface area contributed by atoms with Crippen LogP contribution in [0.15, 0.2) is 4.99 Å². The number of aliphatic hydroxyl groups excluding tert-OH is 2. The van der Waals surface area contributed by atoms with Crippen molar-refractivity contribution in [2.45, 2.75) is 40.0 Å². The molecule has 2 atom stereocenters. The lowest BCUT2D eigenvalue weighted by Gasteiger charge is -2.34. The van der Waals surface area contributed by atoms with E-state index in [0.29, 0.717) is 0 Å². The molecule has 4 heteroatoms. The van der Waals surface area contributed by atoms with E-state index in [9.17, 15) is 15.0 Å². The minimum absolute atomic E-state index is 0.00602. The summed E-state index contributed by atoms with van der Waals surface area (Å²) < 4.78 is 0. The molecule has 0 aliphatic carbocycles. The summed E-state index contributed by atoms with van der Waals surface area (Å²) in [6, 6.07) is 0. The second kappa shape index (κ2) is 4.51. The molecular weight excluding hydrogens is 170 g/mol. The number of carbonyl (C=O) groups excluding carboxylic acids is 1. The first-order valence-corrected chi connectivity index (χ1v) is 4.27. The Balaban J connectivity index is 4.62. The summed E-state index contributed by atoms with van der Waals surface area (Å²) in [5, 5.41) is 19.1. The molecule has 0 saturated heterocycles. The number of hydrogen-bond donors (Lipinski definition) is 2. The minimum atomic E-state index is -1.21. The Bertz CT molecular complexity index is 207. The molecular formula is C9H17NO3. The molecule has 0 aliphatic heterocycles. The number of nitrogens with zero attached hydrogens (tertiary/aromatic N) is 1. The Morgan fingerprint density at radius 1 is 1.31 bits per heavy atom. The summed E-state index contributed by atoms with van der Waals surface area (Å²) in [4.78, 5) is 13.1. The van der Waals surface area contributed by atoms with Crippen LogP contribution in [0.25, 0.3) is 0 Å². The molecule has 0 radical (unpaired) electrons. The number of aliphatic hydroxyl groups is 2. The molecule has 0 amide bonds. The van der Waals surface area contributed by atoms with Crippen molar-refractivity contribution in [3.05, 3.63) is 0 Å². The highest BCUT2D eigenvalue weighted by molar-refractivity contribution is 5.33. The fourth-order valence-corrected chi connectivity index (χ4v) is 1.23. The number of rotatable bonds is 4. The van der Waals surface area contributed by atoms with Crippen LogP contribution >= 0.6 is 0 Å². The number of aliphatic imine (C=N–C) groups is 1. The van der Waals surface area contributed by atoms with Crippen LogP contribution in [0.4, 0.5) is 0 Å². The Morgan fingerprint density at radius 3 is 2.08 bits per heavy atom. The van der Waals surface area contributed by atoms with Crippen LogP contribution in [0.2, 0.25) is 0 Å². The highest BCUT2D eigenvalue weighted by atomic mass is 16.3. The standard InChI is InChI=1S/C9H17NO3/c1-6(2)7(12)9(3,4)8(13)10-5-11/h6-8,12-13H,1-4H3. The lowest BCUT2D eigenvalue weighted by atomic mass is 9.79. The molecule has 0 aliphatic rings. The molecule has 0 rings (SSSR count). The predicted octanol–water partition coefficient (Wildman–Crippen LogP) is 0.684. The van der Waals surface area contributed by atoms with Crippen LogP contribution in [0, 0.1) is 11.3 Å². The topological polar surface area (TPSA) is 69.9 Å². The zero-order valence-corrected chi connectivity index (χ0v) is 8.48. The summed E-state index contributed by atoms with van der Waals surface area (Å²) in [6.07, 6.45) is -0.634. The van der Waals surface area contributed by atoms with Crippen LogP contribution in [0.3, 0.4) is 0 Å². The molecule has 2 unspecified atom stereocenters. The predicted molar refractivity (Wildman–Crippen MR) is 48.8 cm³/mol. The molecule has 0 aromatic carbocycles. The first-order chi connectivity index (χ1) is 5.84. The molecule has 0 saturated carbocycles. The third kappa shape index (κ3) is 2.92. The van der Waals surface area contributed by atoms with Gasteiger partial charge in [-0.25, -0.2) is 4.79 Å². The molecule has 0 fully saturated rings. The van der Waals surface area contributed by atoms with E-state index >= 15 is 0 Å². The van der Waals surface area contributed by atoms with Crippen LogP contribution < -0.4 is 0 Å². The van der Waals surface area contributed by atoms with Gasteiger partial charge in [0.05, 0.1) is 6.10 Å². The summed E-state index contributed by atoms with van der Waals surface area (Å²) in [5.41, 5.74) is -0.828. The van der Waals surface area contributed by atoms with Crippen molar-refractivity contribution in [1.82, 2.24) is 0 Å². The Kier molecular flexibility index (Phi) is 4.27. The lowest BCUT2D eigenvalue weighted by molar-refractivity contribution is -0.0636. The smallest absolute Gasteiger partial charge is 0.237 e. The molecule has 4 nitrogen and oxygen atoms in total. The zero-order chi connectivity index (χ0) is 10.6. The molecule has 0 heterocycles. The van der Waals surface area contributed by atoms with E-state index in [2.05, 4.69) is 4.99 Å². The van der Waals surface area contributed by atoms with Crippen molar-refractivity contribution in [2.24, 2.45) is 16.3 Å². The van der Waals surface area contributed by atoms with Gasteiger partial charge in [0.15, 0.2) is 6.23 Å². The van der Waals surface area contributed by atoms with Gasteiger partial charge in [-0.3, -0.25) is 0 Å². The van der Waals surface area contributed by atoms with Crippen molar-refractivity contribution in [3.8, 4) is 0 Å². The molecule has 0 bridgehead atoms. The van der Waals surface area contributed by atoms with Crippen molar-refractivity contribution in [1.29, 1.82) is 0 Å². The van der Waals surface area contributed by atoms with Crippen molar-refractivity contribution >= 4 is 6.08 Å². The van der Waals surface area contributed by atoms with Gasteiger partial charge in [0.25, 0.3) is 0 Å². The molecule has 0 aromatic heterocycles. The van der Waals surface area contributed by atoms with Gasteiger partial charge >= 0.3 is 0 Å². The molecule has 13 heavy (non-hydrogen) atoms. The Hall–Kier alpha value is -0.700. The van der Waals surface area contributed by atoms with Gasteiger partial charge in [-0.1, -0.05) is 27.7 Å². The Labute approximate surface area is 78.3 Å². The first kappa shape index (κ1) is 12.3. The summed E-state index contributed by atoms with van der Waals surface area (Å²) in [5.74, 6) is 0.00602. The maximum absolute atomic E-state index is 9.92. The minimum Gasteiger partial charge on any atom is -0.392 e. The first-order valence-electron chi connectivity index (χ1n) is 4.27. The van der Waals surface area contributed by atoms with Crippen LogP contribution in [-0.4, -0.2) is 28.6 Å². The number of isocyanates is 1.